The number of ether oxygens (including phenoxy) is 1. The molecule has 1 aromatic carbocycles. The normalized spacial score (nSPS) is 10.5. The zero-order valence-corrected chi connectivity index (χ0v) is 11.7. The van der Waals surface area contributed by atoms with Crippen LogP contribution in [-0.2, 0) is 7.05 Å². The molecule has 0 radical (unpaired) electrons. The van der Waals surface area contributed by atoms with Crippen LogP contribution in [0.2, 0.25) is 0 Å². The molecule has 4 nitrogen and oxygen atoms in total. The van der Waals surface area contributed by atoms with Crippen molar-refractivity contribution >= 4 is 17.2 Å². The fraction of sp³-hybridized carbons (Fsp3) is 0.231. The Kier molecular flexibility index (Phi) is 3.53. The molecule has 0 saturated carbocycles. The number of benzene rings is 1. The molecule has 2 rings (SSSR count). The Morgan fingerprint density at radius 2 is 2.11 bits per heavy atom. The maximum Gasteiger partial charge on any atom is 0.171 e. The van der Waals surface area contributed by atoms with E-state index in [0.29, 0.717) is 17.0 Å². The van der Waals surface area contributed by atoms with Crippen LogP contribution in [0.25, 0.3) is 0 Å². The lowest BCUT2D eigenvalue weighted by Crippen LogP contribution is -2.09. The van der Waals surface area contributed by atoms with Gasteiger partial charge in [0.05, 0.1) is 5.69 Å². The molecule has 2 aromatic rings. The molecule has 0 aliphatic carbocycles. The lowest BCUT2D eigenvalue weighted by atomic mass is 10.2. The minimum absolute atomic E-state index is 0.124. The number of rotatable bonds is 3. The Hall–Kier alpha value is -1.95. The Morgan fingerprint density at radius 3 is 2.58 bits per heavy atom. The summed E-state index contributed by atoms with van der Waals surface area (Å²) in [5, 5.41) is 4.21. The van der Waals surface area contributed by atoms with Crippen LogP contribution in [0.1, 0.15) is 17.0 Å². The van der Waals surface area contributed by atoms with Gasteiger partial charge in [0.15, 0.2) is 17.3 Å². The van der Waals surface area contributed by atoms with Gasteiger partial charge in [-0.15, -0.1) is 0 Å². The SMILES string of the molecule is Cc1nn(C)c(C)c1Oc1ccc(C(N)=S)cc1F. The number of aromatic nitrogens is 2. The molecule has 0 amide bonds. The summed E-state index contributed by atoms with van der Waals surface area (Å²) in [6, 6.07) is 4.40. The van der Waals surface area contributed by atoms with E-state index in [4.69, 9.17) is 22.7 Å². The topological polar surface area (TPSA) is 53.1 Å². The molecule has 0 spiro atoms. The summed E-state index contributed by atoms with van der Waals surface area (Å²) in [4.78, 5) is 0.152. The quantitative estimate of drug-likeness (QED) is 0.877. The fourth-order valence-electron chi connectivity index (χ4n) is 1.75. The molecule has 100 valence electrons. The fourth-order valence-corrected chi connectivity index (χ4v) is 1.88. The van der Waals surface area contributed by atoms with E-state index in [2.05, 4.69) is 5.10 Å². The summed E-state index contributed by atoms with van der Waals surface area (Å²) < 4.78 is 21.2. The number of aryl methyl sites for hydroxylation is 2. The summed E-state index contributed by atoms with van der Waals surface area (Å²) in [6.07, 6.45) is 0. The number of hydrogen-bond acceptors (Lipinski definition) is 3. The Bertz CT molecular complexity index is 652. The van der Waals surface area contributed by atoms with E-state index in [0.717, 1.165) is 5.69 Å². The smallest absolute Gasteiger partial charge is 0.171 e. The molecule has 2 N–H and O–H groups in total. The van der Waals surface area contributed by atoms with Gasteiger partial charge in [0, 0.05) is 12.6 Å². The predicted octanol–water partition coefficient (Wildman–Crippen LogP) is 2.60. The van der Waals surface area contributed by atoms with Crippen molar-refractivity contribution in [1.82, 2.24) is 9.78 Å². The second-order valence-corrected chi connectivity index (χ2v) is 4.67. The highest BCUT2D eigenvalue weighted by atomic mass is 32.1. The van der Waals surface area contributed by atoms with Crippen LogP contribution in [0.3, 0.4) is 0 Å². The first-order valence-corrected chi connectivity index (χ1v) is 6.08. The third-order valence-electron chi connectivity index (χ3n) is 2.87. The van der Waals surface area contributed by atoms with E-state index in [9.17, 15) is 4.39 Å². The van der Waals surface area contributed by atoms with E-state index in [-0.39, 0.29) is 10.7 Å². The first kappa shape index (κ1) is 13.5. The van der Waals surface area contributed by atoms with Gasteiger partial charge in [0.25, 0.3) is 0 Å². The van der Waals surface area contributed by atoms with Crippen molar-refractivity contribution in [2.45, 2.75) is 13.8 Å². The summed E-state index contributed by atoms with van der Waals surface area (Å²) in [6.45, 7) is 3.67. The van der Waals surface area contributed by atoms with Gasteiger partial charge in [-0.25, -0.2) is 4.39 Å². The van der Waals surface area contributed by atoms with Crippen molar-refractivity contribution in [2.24, 2.45) is 12.8 Å². The molecule has 0 atom stereocenters. The van der Waals surface area contributed by atoms with Gasteiger partial charge in [0.2, 0.25) is 0 Å². The second kappa shape index (κ2) is 4.97. The first-order chi connectivity index (χ1) is 8.90. The predicted molar refractivity (Wildman–Crippen MR) is 75.0 cm³/mol. The Labute approximate surface area is 116 Å². The van der Waals surface area contributed by atoms with Gasteiger partial charge in [-0.3, -0.25) is 4.68 Å². The molecular formula is C13H14FN3OS. The van der Waals surface area contributed by atoms with Crippen molar-refractivity contribution in [3.05, 3.63) is 41.0 Å². The zero-order chi connectivity index (χ0) is 14.2. The Morgan fingerprint density at radius 1 is 1.42 bits per heavy atom. The van der Waals surface area contributed by atoms with Gasteiger partial charge < -0.3 is 10.5 Å². The molecule has 0 unspecified atom stereocenters. The summed E-state index contributed by atoms with van der Waals surface area (Å²) in [5.74, 6) is 0.177. The maximum absolute atomic E-state index is 13.9. The van der Waals surface area contributed by atoms with Crippen LogP contribution in [0, 0.1) is 19.7 Å². The molecule has 0 aliphatic rings. The molecule has 1 heterocycles. The number of hydrogen-bond donors (Lipinski definition) is 1. The standard InChI is InChI=1S/C13H14FN3OS/c1-7-12(8(2)17(3)16-7)18-11-5-4-9(13(15)19)6-10(11)14/h4-6H,1-3H3,(H2,15,19). The van der Waals surface area contributed by atoms with E-state index in [1.54, 1.807) is 10.7 Å². The van der Waals surface area contributed by atoms with Gasteiger partial charge in [0.1, 0.15) is 10.7 Å². The molecule has 0 bridgehead atoms. The van der Waals surface area contributed by atoms with Crippen molar-refractivity contribution in [3.63, 3.8) is 0 Å². The summed E-state index contributed by atoms with van der Waals surface area (Å²) in [5.41, 5.74) is 7.45. The van der Waals surface area contributed by atoms with Crippen molar-refractivity contribution < 1.29 is 9.13 Å². The van der Waals surface area contributed by atoms with Gasteiger partial charge in [-0.1, -0.05) is 12.2 Å². The number of halogens is 1. The third-order valence-corrected chi connectivity index (χ3v) is 3.11. The Balaban J connectivity index is 2.36. The molecule has 0 fully saturated rings. The van der Waals surface area contributed by atoms with Crippen LogP contribution < -0.4 is 10.5 Å². The molecule has 6 heteroatoms. The number of nitrogens with zero attached hydrogens (tertiary/aromatic N) is 2. The average molecular weight is 279 g/mol. The molecule has 19 heavy (non-hydrogen) atoms. The highest BCUT2D eigenvalue weighted by molar-refractivity contribution is 7.80. The largest absolute Gasteiger partial charge is 0.450 e. The average Bonchev–Trinajstić information content (AvgIpc) is 2.58. The third kappa shape index (κ3) is 2.58. The van der Waals surface area contributed by atoms with Crippen LogP contribution in [-0.4, -0.2) is 14.8 Å². The van der Waals surface area contributed by atoms with Gasteiger partial charge in [-0.2, -0.15) is 5.10 Å². The van der Waals surface area contributed by atoms with Crippen molar-refractivity contribution in [1.29, 1.82) is 0 Å². The first-order valence-electron chi connectivity index (χ1n) is 5.67. The summed E-state index contributed by atoms with van der Waals surface area (Å²) in [7, 11) is 1.81. The highest BCUT2D eigenvalue weighted by Crippen LogP contribution is 2.30. The molecule has 0 aliphatic heterocycles. The minimum Gasteiger partial charge on any atom is -0.450 e. The van der Waals surface area contributed by atoms with Crippen LogP contribution in [0.4, 0.5) is 4.39 Å². The number of nitrogens with two attached hydrogens (primary N) is 1. The van der Waals surface area contributed by atoms with Crippen molar-refractivity contribution in [2.75, 3.05) is 0 Å². The van der Waals surface area contributed by atoms with Crippen molar-refractivity contribution in [3.8, 4) is 11.5 Å². The van der Waals surface area contributed by atoms with E-state index in [1.807, 2.05) is 20.9 Å². The molecule has 0 saturated heterocycles. The lowest BCUT2D eigenvalue weighted by Gasteiger charge is -2.08. The minimum atomic E-state index is -0.507. The number of thiocarbonyl (C=S) groups is 1. The van der Waals surface area contributed by atoms with Gasteiger partial charge in [-0.05, 0) is 32.0 Å². The van der Waals surface area contributed by atoms with E-state index in [1.165, 1.54) is 12.1 Å². The molecule has 1 aromatic heterocycles. The van der Waals surface area contributed by atoms with Gasteiger partial charge >= 0.3 is 0 Å². The maximum atomic E-state index is 13.9. The molecular weight excluding hydrogens is 265 g/mol. The lowest BCUT2D eigenvalue weighted by molar-refractivity contribution is 0.436. The van der Waals surface area contributed by atoms with Crippen LogP contribution >= 0.6 is 12.2 Å². The van der Waals surface area contributed by atoms with E-state index < -0.39 is 5.82 Å². The second-order valence-electron chi connectivity index (χ2n) is 4.24. The monoisotopic (exact) mass is 279 g/mol. The zero-order valence-electron chi connectivity index (χ0n) is 10.9. The van der Waals surface area contributed by atoms with Crippen LogP contribution in [0.5, 0.6) is 11.5 Å². The van der Waals surface area contributed by atoms with Crippen LogP contribution in [0.15, 0.2) is 18.2 Å². The van der Waals surface area contributed by atoms with E-state index >= 15 is 0 Å². The highest BCUT2D eigenvalue weighted by Gasteiger charge is 2.14. The summed E-state index contributed by atoms with van der Waals surface area (Å²) >= 11 is 4.80.